The molecule has 2 fully saturated rings. The van der Waals surface area contributed by atoms with E-state index in [0.29, 0.717) is 12.5 Å². The van der Waals surface area contributed by atoms with Crippen molar-refractivity contribution in [3.63, 3.8) is 0 Å². The molecule has 1 aromatic heterocycles. The van der Waals surface area contributed by atoms with Gasteiger partial charge in [-0.25, -0.2) is 0 Å². The minimum absolute atomic E-state index is 0.0409. The fraction of sp³-hybridized carbons (Fsp3) is 0.571. The molecule has 2 heterocycles. The van der Waals surface area contributed by atoms with E-state index in [4.69, 9.17) is 0 Å². The number of amides is 2. The third-order valence-corrected chi connectivity index (χ3v) is 6.02. The maximum absolute atomic E-state index is 12.4. The van der Waals surface area contributed by atoms with E-state index in [1.807, 2.05) is 11.4 Å². The predicted octanol–water partition coefficient (Wildman–Crippen LogP) is 3.43. The van der Waals surface area contributed by atoms with Crippen LogP contribution in [0.15, 0.2) is 15.9 Å². The molecule has 0 aromatic carbocycles. The fourth-order valence-electron chi connectivity index (χ4n) is 3.28. The summed E-state index contributed by atoms with van der Waals surface area (Å²) in [5, 5.41) is 1.98. The molecule has 2 aliphatic rings. The van der Waals surface area contributed by atoms with Crippen molar-refractivity contribution in [1.82, 2.24) is 4.90 Å². The summed E-state index contributed by atoms with van der Waals surface area (Å²) in [5.74, 6) is 0.577. The summed E-state index contributed by atoms with van der Waals surface area (Å²) < 4.78 is 1.01. The summed E-state index contributed by atoms with van der Waals surface area (Å²) in [5.41, 5.74) is 0. The first kappa shape index (κ1) is 13.3. The van der Waals surface area contributed by atoms with Crippen molar-refractivity contribution in [3.05, 3.63) is 20.8 Å². The molecule has 3 rings (SSSR count). The number of nitrogens with zero attached hydrogens (tertiary/aromatic N) is 1. The van der Waals surface area contributed by atoms with Gasteiger partial charge in [0.1, 0.15) is 0 Å². The lowest BCUT2D eigenvalue weighted by atomic mass is 10.00. The Morgan fingerprint density at radius 2 is 1.95 bits per heavy atom. The van der Waals surface area contributed by atoms with Crippen LogP contribution >= 0.6 is 27.3 Å². The first-order valence-corrected chi connectivity index (χ1v) is 8.35. The zero-order valence-corrected chi connectivity index (χ0v) is 13.2. The van der Waals surface area contributed by atoms with Gasteiger partial charge >= 0.3 is 0 Å². The number of likely N-dealkylation sites (tertiary alicyclic amines) is 1. The number of halogens is 1. The van der Waals surface area contributed by atoms with Crippen molar-refractivity contribution in [3.8, 4) is 0 Å². The second-order valence-corrected chi connectivity index (χ2v) is 7.36. The molecular formula is C14H16BrNO2S. The lowest BCUT2D eigenvalue weighted by Crippen LogP contribution is -2.31. The van der Waals surface area contributed by atoms with Crippen molar-refractivity contribution in [1.29, 1.82) is 0 Å². The van der Waals surface area contributed by atoms with Gasteiger partial charge in [0.05, 0.1) is 18.4 Å². The average Bonchev–Trinajstić information content (AvgIpc) is 3.04. The molecule has 1 aromatic rings. The van der Waals surface area contributed by atoms with Crippen LogP contribution in [0.25, 0.3) is 0 Å². The minimum atomic E-state index is -0.0409. The molecule has 1 aliphatic heterocycles. The average molecular weight is 342 g/mol. The number of imide groups is 1. The zero-order chi connectivity index (χ0) is 13.6. The summed E-state index contributed by atoms with van der Waals surface area (Å²) >= 11 is 4.98. The topological polar surface area (TPSA) is 37.4 Å². The summed E-state index contributed by atoms with van der Waals surface area (Å²) in [7, 11) is 0. The van der Waals surface area contributed by atoms with Gasteiger partial charge in [0.2, 0.25) is 11.8 Å². The number of rotatable bonds is 3. The highest BCUT2D eigenvalue weighted by atomic mass is 79.9. The zero-order valence-electron chi connectivity index (χ0n) is 10.8. The lowest BCUT2D eigenvalue weighted by molar-refractivity contribution is -0.141. The predicted molar refractivity (Wildman–Crippen MR) is 77.6 cm³/mol. The second-order valence-electron chi connectivity index (χ2n) is 5.45. The molecule has 1 saturated heterocycles. The first-order chi connectivity index (χ1) is 9.10. The summed E-state index contributed by atoms with van der Waals surface area (Å²) in [6, 6.07) is 1.98. The second kappa shape index (κ2) is 5.02. The first-order valence-electron chi connectivity index (χ1n) is 6.68. The molecule has 2 atom stereocenters. The van der Waals surface area contributed by atoms with Crippen LogP contribution in [0.4, 0.5) is 0 Å². The third kappa shape index (κ3) is 2.27. The molecule has 19 heavy (non-hydrogen) atoms. The van der Waals surface area contributed by atoms with Gasteiger partial charge in [-0.15, -0.1) is 11.3 Å². The number of carbonyl (C=O) groups excluding carboxylic acids is 2. The normalized spacial score (nSPS) is 30.2. The number of hydrogen-bond acceptors (Lipinski definition) is 3. The Morgan fingerprint density at radius 3 is 2.42 bits per heavy atom. The van der Waals surface area contributed by atoms with Gasteiger partial charge in [-0.2, -0.15) is 0 Å². The van der Waals surface area contributed by atoms with Crippen molar-refractivity contribution in [2.45, 2.75) is 32.7 Å². The van der Waals surface area contributed by atoms with Crippen LogP contribution in [-0.2, 0) is 16.1 Å². The van der Waals surface area contributed by atoms with E-state index in [1.165, 1.54) is 4.90 Å². The SMILES string of the molecule is CCC1CC2C(=O)N(Cc3cc(Br)cs3)C(=O)C2C1. The number of thiophene rings is 1. The minimum Gasteiger partial charge on any atom is -0.277 e. The van der Waals surface area contributed by atoms with Crippen molar-refractivity contribution in [2.75, 3.05) is 0 Å². The Morgan fingerprint density at radius 1 is 1.32 bits per heavy atom. The fourth-order valence-corrected chi connectivity index (χ4v) is 4.72. The van der Waals surface area contributed by atoms with Crippen LogP contribution in [0, 0.1) is 17.8 Å². The molecular weight excluding hydrogens is 326 g/mol. The van der Waals surface area contributed by atoms with E-state index in [0.717, 1.165) is 28.6 Å². The van der Waals surface area contributed by atoms with Crippen LogP contribution in [0.1, 0.15) is 31.1 Å². The molecule has 102 valence electrons. The van der Waals surface area contributed by atoms with E-state index >= 15 is 0 Å². The molecule has 3 nitrogen and oxygen atoms in total. The molecule has 2 unspecified atom stereocenters. The number of hydrogen-bond donors (Lipinski definition) is 0. The van der Waals surface area contributed by atoms with E-state index in [9.17, 15) is 9.59 Å². The highest BCUT2D eigenvalue weighted by Gasteiger charge is 2.52. The Hall–Kier alpha value is -0.680. The summed E-state index contributed by atoms with van der Waals surface area (Å²) in [4.78, 5) is 27.3. The van der Waals surface area contributed by atoms with Crippen molar-refractivity contribution >= 4 is 39.1 Å². The molecule has 2 amide bonds. The van der Waals surface area contributed by atoms with Gasteiger partial charge < -0.3 is 0 Å². The maximum atomic E-state index is 12.4. The molecule has 1 aliphatic carbocycles. The third-order valence-electron chi connectivity index (χ3n) is 4.34. The number of fused-ring (bicyclic) bond motifs is 1. The Kier molecular flexibility index (Phi) is 3.52. The Labute approximate surface area is 125 Å². The van der Waals surface area contributed by atoms with Gasteiger partial charge in [-0.05, 0) is 40.8 Å². The monoisotopic (exact) mass is 341 g/mol. The highest BCUT2D eigenvalue weighted by molar-refractivity contribution is 9.10. The lowest BCUT2D eigenvalue weighted by Gasteiger charge is -2.16. The quantitative estimate of drug-likeness (QED) is 0.790. The van der Waals surface area contributed by atoms with E-state index in [1.54, 1.807) is 11.3 Å². The van der Waals surface area contributed by atoms with Gasteiger partial charge in [-0.3, -0.25) is 14.5 Å². The highest BCUT2D eigenvalue weighted by Crippen LogP contribution is 2.44. The summed E-state index contributed by atoms with van der Waals surface area (Å²) in [6.45, 7) is 2.58. The molecule has 5 heteroatoms. The van der Waals surface area contributed by atoms with Gasteiger partial charge in [-0.1, -0.05) is 13.3 Å². The van der Waals surface area contributed by atoms with Crippen LogP contribution in [0.5, 0.6) is 0 Å². The summed E-state index contributed by atoms with van der Waals surface area (Å²) in [6.07, 6.45) is 2.87. The standard InChI is InChI=1S/C14H16BrNO2S/c1-2-8-3-11-12(4-8)14(18)16(13(11)17)6-10-5-9(15)7-19-10/h5,7-8,11-12H,2-4,6H2,1H3. The van der Waals surface area contributed by atoms with Crippen LogP contribution in [0.2, 0.25) is 0 Å². The van der Waals surface area contributed by atoms with Crippen LogP contribution < -0.4 is 0 Å². The smallest absolute Gasteiger partial charge is 0.233 e. The van der Waals surface area contributed by atoms with Gasteiger partial charge in [0.25, 0.3) is 0 Å². The largest absolute Gasteiger partial charge is 0.277 e. The molecule has 0 spiro atoms. The van der Waals surface area contributed by atoms with Crippen molar-refractivity contribution in [2.24, 2.45) is 17.8 Å². The molecule has 1 saturated carbocycles. The van der Waals surface area contributed by atoms with E-state index in [-0.39, 0.29) is 23.7 Å². The van der Waals surface area contributed by atoms with Crippen LogP contribution in [0.3, 0.4) is 0 Å². The van der Waals surface area contributed by atoms with E-state index < -0.39 is 0 Å². The molecule has 0 radical (unpaired) electrons. The Balaban J connectivity index is 1.75. The van der Waals surface area contributed by atoms with Gasteiger partial charge in [0, 0.05) is 14.7 Å². The molecule has 0 bridgehead atoms. The van der Waals surface area contributed by atoms with Crippen molar-refractivity contribution < 1.29 is 9.59 Å². The Bertz CT molecular complexity index is 503. The maximum Gasteiger partial charge on any atom is 0.233 e. The molecule has 0 N–H and O–H groups in total. The van der Waals surface area contributed by atoms with Gasteiger partial charge in [0.15, 0.2) is 0 Å². The number of carbonyl (C=O) groups is 2. The van der Waals surface area contributed by atoms with E-state index in [2.05, 4.69) is 22.9 Å². The van der Waals surface area contributed by atoms with Crippen LogP contribution in [-0.4, -0.2) is 16.7 Å².